The zero-order valence-corrected chi connectivity index (χ0v) is 24.1. The van der Waals surface area contributed by atoms with E-state index in [-0.39, 0.29) is 22.9 Å². The van der Waals surface area contributed by atoms with E-state index in [9.17, 15) is 14.9 Å². The van der Waals surface area contributed by atoms with E-state index in [1.54, 1.807) is 38.3 Å². The van der Waals surface area contributed by atoms with Crippen LogP contribution in [0.5, 0.6) is 11.5 Å². The second kappa shape index (κ2) is 14.0. The number of morpholine rings is 1. The number of esters is 1. The van der Waals surface area contributed by atoms with Crippen molar-refractivity contribution in [3.63, 3.8) is 0 Å². The number of hydrazone groups is 1. The summed E-state index contributed by atoms with van der Waals surface area (Å²) in [6, 6.07) is 18.5. The SMILES string of the molecule is CCOc1cc(/C=N/Nc2nc(Nc3ccccc3)nc(N3CCOCC3)n2)ccc1OC(=O)c1cc(C)cc([N+](=O)[O-])c1. The van der Waals surface area contributed by atoms with Crippen LogP contribution in [0.1, 0.15) is 28.4 Å². The number of hydrogen-bond acceptors (Lipinski definition) is 13. The third kappa shape index (κ3) is 7.80. The molecule has 14 nitrogen and oxygen atoms in total. The van der Waals surface area contributed by atoms with Crippen molar-refractivity contribution >= 4 is 41.4 Å². The molecule has 0 aliphatic carbocycles. The number of anilines is 4. The van der Waals surface area contributed by atoms with Crippen LogP contribution in [0, 0.1) is 17.0 Å². The lowest BCUT2D eigenvalue weighted by molar-refractivity contribution is -0.384. The number of nitro benzene ring substituents is 1. The minimum absolute atomic E-state index is 0.0592. The summed E-state index contributed by atoms with van der Waals surface area (Å²) in [7, 11) is 0. The van der Waals surface area contributed by atoms with Crippen molar-refractivity contribution in [1.29, 1.82) is 0 Å². The first-order chi connectivity index (χ1) is 21.4. The molecule has 3 aromatic carbocycles. The molecular weight excluding hydrogens is 568 g/mol. The first-order valence-corrected chi connectivity index (χ1v) is 13.8. The molecule has 44 heavy (non-hydrogen) atoms. The van der Waals surface area contributed by atoms with Gasteiger partial charge >= 0.3 is 5.97 Å². The number of aryl methyl sites for hydroxylation is 1. The van der Waals surface area contributed by atoms with Crippen molar-refractivity contribution in [3.05, 3.63) is 93.5 Å². The van der Waals surface area contributed by atoms with Gasteiger partial charge in [0.15, 0.2) is 11.5 Å². The van der Waals surface area contributed by atoms with Crippen molar-refractivity contribution in [1.82, 2.24) is 15.0 Å². The van der Waals surface area contributed by atoms with E-state index in [0.29, 0.717) is 61.7 Å². The summed E-state index contributed by atoms with van der Waals surface area (Å²) in [6.45, 7) is 6.22. The van der Waals surface area contributed by atoms with Gasteiger partial charge < -0.3 is 24.4 Å². The molecule has 1 fully saturated rings. The fourth-order valence-corrected chi connectivity index (χ4v) is 4.29. The molecule has 0 spiro atoms. The van der Waals surface area contributed by atoms with Gasteiger partial charge in [-0.15, -0.1) is 0 Å². The summed E-state index contributed by atoms with van der Waals surface area (Å²) < 4.78 is 16.7. The first-order valence-electron chi connectivity index (χ1n) is 13.8. The van der Waals surface area contributed by atoms with Gasteiger partial charge in [0.25, 0.3) is 5.69 Å². The Morgan fingerprint density at radius 3 is 2.57 bits per heavy atom. The maximum atomic E-state index is 12.8. The lowest BCUT2D eigenvalue weighted by Crippen LogP contribution is -2.37. The Bertz CT molecular complexity index is 1660. The van der Waals surface area contributed by atoms with Crippen LogP contribution in [-0.4, -0.2) is 65.0 Å². The smallest absolute Gasteiger partial charge is 0.343 e. The molecule has 2 N–H and O–H groups in total. The van der Waals surface area contributed by atoms with E-state index < -0.39 is 10.9 Å². The van der Waals surface area contributed by atoms with Gasteiger partial charge in [-0.1, -0.05) is 18.2 Å². The highest BCUT2D eigenvalue weighted by atomic mass is 16.6. The predicted molar refractivity (Wildman–Crippen MR) is 164 cm³/mol. The molecule has 0 bridgehead atoms. The van der Waals surface area contributed by atoms with Crippen LogP contribution < -0.4 is 25.1 Å². The Balaban J connectivity index is 1.33. The number of carbonyl (C=O) groups is 1. The third-order valence-corrected chi connectivity index (χ3v) is 6.30. The van der Waals surface area contributed by atoms with E-state index in [1.807, 2.05) is 35.2 Å². The van der Waals surface area contributed by atoms with Crippen LogP contribution in [0.3, 0.4) is 0 Å². The van der Waals surface area contributed by atoms with Crippen LogP contribution >= 0.6 is 0 Å². The average molecular weight is 599 g/mol. The lowest BCUT2D eigenvalue weighted by Gasteiger charge is -2.27. The minimum Gasteiger partial charge on any atom is -0.490 e. The van der Waals surface area contributed by atoms with Gasteiger partial charge in [0, 0.05) is 30.9 Å². The van der Waals surface area contributed by atoms with Crippen LogP contribution in [0.25, 0.3) is 0 Å². The van der Waals surface area contributed by atoms with Crippen molar-refractivity contribution in [2.45, 2.75) is 13.8 Å². The number of benzene rings is 3. The molecule has 4 aromatic rings. The van der Waals surface area contributed by atoms with E-state index in [2.05, 4.69) is 30.8 Å². The quantitative estimate of drug-likeness (QED) is 0.0802. The second-order valence-corrected chi connectivity index (χ2v) is 9.59. The van der Waals surface area contributed by atoms with E-state index >= 15 is 0 Å². The number of aromatic nitrogens is 3. The van der Waals surface area contributed by atoms with Gasteiger partial charge in [-0.3, -0.25) is 10.1 Å². The van der Waals surface area contributed by atoms with E-state index in [1.165, 1.54) is 18.2 Å². The highest BCUT2D eigenvalue weighted by Crippen LogP contribution is 2.29. The van der Waals surface area contributed by atoms with Gasteiger partial charge in [0.2, 0.25) is 17.8 Å². The number of carbonyl (C=O) groups excluding carboxylic acids is 1. The van der Waals surface area contributed by atoms with Gasteiger partial charge in [0.1, 0.15) is 0 Å². The van der Waals surface area contributed by atoms with Crippen molar-refractivity contribution in [2.75, 3.05) is 48.6 Å². The van der Waals surface area contributed by atoms with Crippen molar-refractivity contribution < 1.29 is 23.9 Å². The molecule has 1 saturated heterocycles. The molecule has 0 unspecified atom stereocenters. The molecule has 226 valence electrons. The third-order valence-electron chi connectivity index (χ3n) is 6.30. The summed E-state index contributed by atoms with van der Waals surface area (Å²) >= 11 is 0. The summed E-state index contributed by atoms with van der Waals surface area (Å²) in [6.07, 6.45) is 1.54. The molecule has 0 amide bonds. The molecule has 14 heteroatoms. The zero-order chi connectivity index (χ0) is 30.9. The topological polar surface area (TPSA) is 166 Å². The molecule has 0 saturated carbocycles. The van der Waals surface area contributed by atoms with Gasteiger partial charge in [0.05, 0.1) is 36.5 Å². The molecule has 1 aliphatic heterocycles. The summed E-state index contributed by atoms with van der Waals surface area (Å²) in [5, 5.41) is 18.7. The predicted octanol–water partition coefficient (Wildman–Crippen LogP) is 4.73. The summed E-state index contributed by atoms with van der Waals surface area (Å²) in [4.78, 5) is 39.1. The Morgan fingerprint density at radius 2 is 1.82 bits per heavy atom. The number of nitrogens with zero attached hydrogens (tertiary/aromatic N) is 6. The highest BCUT2D eigenvalue weighted by molar-refractivity contribution is 5.92. The first kappa shape index (κ1) is 29.8. The molecule has 0 atom stereocenters. The highest BCUT2D eigenvalue weighted by Gasteiger charge is 2.19. The maximum Gasteiger partial charge on any atom is 0.343 e. The number of hydrogen-bond donors (Lipinski definition) is 2. The molecule has 1 aliphatic rings. The lowest BCUT2D eigenvalue weighted by atomic mass is 10.1. The zero-order valence-electron chi connectivity index (χ0n) is 24.1. The molecule has 5 rings (SSSR count). The summed E-state index contributed by atoms with van der Waals surface area (Å²) in [5.74, 6) is 0.800. The van der Waals surface area contributed by atoms with Gasteiger partial charge in [-0.05, 0) is 61.4 Å². The van der Waals surface area contributed by atoms with Crippen molar-refractivity contribution in [2.24, 2.45) is 5.10 Å². The number of rotatable bonds is 11. The normalized spacial score (nSPS) is 13.0. The van der Waals surface area contributed by atoms with Gasteiger partial charge in [-0.25, -0.2) is 10.2 Å². The second-order valence-electron chi connectivity index (χ2n) is 9.59. The molecule has 0 radical (unpaired) electrons. The Kier molecular flexibility index (Phi) is 9.51. The Morgan fingerprint density at radius 1 is 1.05 bits per heavy atom. The fourth-order valence-electron chi connectivity index (χ4n) is 4.29. The van der Waals surface area contributed by atoms with Crippen LogP contribution in [0.15, 0.2) is 71.8 Å². The number of para-hydroxylation sites is 1. The van der Waals surface area contributed by atoms with E-state index in [0.717, 1.165) is 5.69 Å². The monoisotopic (exact) mass is 598 g/mol. The van der Waals surface area contributed by atoms with Crippen LogP contribution in [-0.2, 0) is 4.74 Å². The Labute approximate surface area is 252 Å². The fraction of sp³-hybridized carbons (Fsp3) is 0.233. The Hall–Kier alpha value is -5.63. The number of nitrogens with one attached hydrogen (secondary N) is 2. The van der Waals surface area contributed by atoms with E-state index in [4.69, 9.17) is 14.2 Å². The number of nitro groups is 1. The number of ether oxygens (including phenoxy) is 3. The average Bonchev–Trinajstić information content (AvgIpc) is 3.03. The summed E-state index contributed by atoms with van der Waals surface area (Å²) in [5.41, 5.74) is 4.75. The number of non-ortho nitro benzene ring substituents is 1. The van der Waals surface area contributed by atoms with Crippen LogP contribution in [0.2, 0.25) is 0 Å². The molecule has 1 aromatic heterocycles. The molecular formula is C30H30N8O6. The van der Waals surface area contributed by atoms with Crippen LogP contribution in [0.4, 0.5) is 29.2 Å². The van der Waals surface area contributed by atoms with Crippen molar-refractivity contribution in [3.8, 4) is 11.5 Å². The van der Waals surface area contributed by atoms with Gasteiger partial charge in [-0.2, -0.15) is 20.1 Å². The largest absolute Gasteiger partial charge is 0.490 e. The minimum atomic E-state index is -0.744. The molecule has 2 heterocycles. The standard InChI is InChI=1S/C30H30N8O6/c1-3-43-26-17-21(9-10-25(26)44-27(39)22-15-20(2)16-24(18-22)38(40)41)19-31-36-29-33-28(32-23-7-5-4-6-8-23)34-30(35-29)37-11-13-42-14-12-37/h4-10,15-19H,3,11-14H2,1-2H3,(H2,32,33,34,35,36)/b31-19+. The maximum absolute atomic E-state index is 12.8.